The topological polar surface area (TPSA) is 69.6 Å². The van der Waals surface area contributed by atoms with Crippen LogP contribution in [0, 0.1) is 5.92 Å². The summed E-state index contributed by atoms with van der Waals surface area (Å²) >= 11 is 0. The van der Waals surface area contributed by atoms with Gasteiger partial charge < -0.3 is 15.3 Å². The molecule has 1 aromatic rings. The van der Waals surface area contributed by atoms with Crippen molar-refractivity contribution in [1.29, 1.82) is 0 Å². The van der Waals surface area contributed by atoms with Gasteiger partial charge in [0.15, 0.2) is 0 Å². The van der Waals surface area contributed by atoms with Crippen LogP contribution in [0.4, 0.5) is 5.69 Å². The van der Waals surface area contributed by atoms with Crippen LogP contribution < -0.4 is 5.32 Å². The fourth-order valence-electron chi connectivity index (χ4n) is 3.75. The molecule has 2 N–H and O–H groups in total. The standard InChI is InChI=1S/C16H18N2O3/c19-10-5-7-18(8-6-10)14(20)12-9-16(12)11-3-1-2-4-13(11)17-15(16)21/h1-4,10,12,19H,5-9H2,(H,17,21)/t12-,16+/m0/s1. The summed E-state index contributed by atoms with van der Waals surface area (Å²) in [5.74, 6) is -0.218. The van der Waals surface area contributed by atoms with Crippen molar-refractivity contribution < 1.29 is 14.7 Å². The number of amides is 2. The molecule has 1 saturated heterocycles. The van der Waals surface area contributed by atoms with E-state index in [1.54, 1.807) is 4.90 Å². The summed E-state index contributed by atoms with van der Waals surface area (Å²) in [6.07, 6.45) is 1.58. The minimum absolute atomic E-state index is 0.0425. The molecule has 1 aromatic carbocycles. The maximum atomic E-state index is 12.6. The number of nitrogens with zero attached hydrogens (tertiary/aromatic N) is 1. The number of benzene rings is 1. The van der Waals surface area contributed by atoms with E-state index in [0.29, 0.717) is 32.4 Å². The number of rotatable bonds is 1. The third-order valence-electron chi connectivity index (χ3n) is 5.10. The van der Waals surface area contributed by atoms with Gasteiger partial charge in [-0.15, -0.1) is 0 Å². The van der Waals surface area contributed by atoms with Gasteiger partial charge in [0.05, 0.1) is 17.4 Å². The lowest BCUT2D eigenvalue weighted by Crippen LogP contribution is -2.42. The molecule has 1 saturated carbocycles. The van der Waals surface area contributed by atoms with Crippen LogP contribution in [0.1, 0.15) is 24.8 Å². The molecule has 110 valence electrons. The van der Waals surface area contributed by atoms with Crippen molar-refractivity contribution in [3.05, 3.63) is 29.8 Å². The minimum Gasteiger partial charge on any atom is -0.393 e. The predicted molar refractivity (Wildman–Crippen MR) is 76.7 cm³/mol. The minimum atomic E-state index is -0.635. The SMILES string of the molecule is O=C([C@@H]1C[C@]12C(=O)Nc1ccccc12)N1CCC(O)CC1. The van der Waals surface area contributed by atoms with Gasteiger partial charge in [0, 0.05) is 18.8 Å². The van der Waals surface area contributed by atoms with E-state index in [0.717, 1.165) is 11.3 Å². The second-order valence-electron chi connectivity index (χ2n) is 6.28. The lowest BCUT2D eigenvalue weighted by molar-refractivity contribution is -0.136. The molecular formula is C16H18N2O3. The number of likely N-dealkylation sites (tertiary alicyclic amines) is 1. The van der Waals surface area contributed by atoms with E-state index in [2.05, 4.69) is 5.32 Å². The lowest BCUT2D eigenvalue weighted by atomic mass is 9.94. The molecule has 3 aliphatic rings. The van der Waals surface area contributed by atoms with Crippen LogP contribution in [-0.2, 0) is 15.0 Å². The maximum Gasteiger partial charge on any atom is 0.235 e. The molecule has 21 heavy (non-hydrogen) atoms. The van der Waals surface area contributed by atoms with Crippen molar-refractivity contribution in [2.24, 2.45) is 5.92 Å². The summed E-state index contributed by atoms with van der Waals surface area (Å²) in [7, 11) is 0. The van der Waals surface area contributed by atoms with Crippen LogP contribution in [-0.4, -0.2) is 41.0 Å². The number of nitrogens with one attached hydrogen (secondary N) is 1. The Hall–Kier alpha value is -1.88. The first kappa shape index (κ1) is 12.8. The lowest BCUT2D eigenvalue weighted by Gasteiger charge is -2.30. The number of aliphatic hydroxyl groups excluding tert-OH is 1. The van der Waals surface area contributed by atoms with Gasteiger partial charge in [0.2, 0.25) is 11.8 Å². The number of carbonyl (C=O) groups is 2. The molecule has 4 rings (SSSR count). The van der Waals surface area contributed by atoms with Gasteiger partial charge in [-0.1, -0.05) is 18.2 Å². The Labute approximate surface area is 122 Å². The largest absolute Gasteiger partial charge is 0.393 e. The van der Waals surface area contributed by atoms with Crippen molar-refractivity contribution in [2.45, 2.75) is 30.8 Å². The number of anilines is 1. The van der Waals surface area contributed by atoms with Gasteiger partial charge in [-0.3, -0.25) is 9.59 Å². The first-order valence-electron chi connectivity index (χ1n) is 7.51. The molecule has 2 heterocycles. The van der Waals surface area contributed by atoms with E-state index in [1.165, 1.54) is 0 Å². The predicted octanol–water partition coefficient (Wildman–Crippen LogP) is 0.880. The smallest absolute Gasteiger partial charge is 0.235 e. The zero-order valence-corrected chi connectivity index (χ0v) is 11.7. The van der Waals surface area contributed by atoms with Crippen molar-refractivity contribution in [2.75, 3.05) is 18.4 Å². The average Bonchev–Trinajstić information content (AvgIpc) is 3.18. The molecule has 0 unspecified atom stereocenters. The molecule has 2 aliphatic heterocycles. The van der Waals surface area contributed by atoms with Crippen molar-refractivity contribution in [3.63, 3.8) is 0 Å². The van der Waals surface area contributed by atoms with Gasteiger partial charge in [0.1, 0.15) is 0 Å². The molecule has 2 atom stereocenters. The third-order valence-corrected chi connectivity index (χ3v) is 5.10. The molecule has 0 radical (unpaired) electrons. The molecule has 1 spiro atoms. The normalized spacial score (nSPS) is 31.2. The van der Waals surface area contributed by atoms with E-state index in [9.17, 15) is 14.7 Å². The quantitative estimate of drug-likeness (QED) is 0.805. The Morgan fingerprint density at radius 2 is 2.00 bits per heavy atom. The van der Waals surface area contributed by atoms with E-state index < -0.39 is 5.41 Å². The number of para-hydroxylation sites is 1. The van der Waals surface area contributed by atoms with Crippen LogP contribution >= 0.6 is 0 Å². The van der Waals surface area contributed by atoms with Gasteiger partial charge in [-0.05, 0) is 30.9 Å². The fraction of sp³-hybridized carbons (Fsp3) is 0.500. The van der Waals surface area contributed by atoms with E-state index in [4.69, 9.17) is 0 Å². The number of piperidine rings is 1. The highest BCUT2D eigenvalue weighted by Crippen LogP contribution is 2.60. The van der Waals surface area contributed by atoms with E-state index in [-0.39, 0.29) is 23.8 Å². The Morgan fingerprint density at radius 3 is 2.76 bits per heavy atom. The average molecular weight is 286 g/mol. The highest BCUT2D eigenvalue weighted by molar-refractivity contribution is 6.12. The number of aliphatic hydroxyl groups is 1. The Morgan fingerprint density at radius 1 is 1.29 bits per heavy atom. The summed E-state index contributed by atoms with van der Waals surface area (Å²) in [4.78, 5) is 26.8. The highest BCUT2D eigenvalue weighted by atomic mass is 16.3. The Kier molecular flexibility index (Phi) is 2.63. The maximum absolute atomic E-state index is 12.6. The fourth-order valence-corrected chi connectivity index (χ4v) is 3.75. The van der Waals surface area contributed by atoms with Crippen LogP contribution in [0.25, 0.3) is 0 Å². The molecule has 0 aromatic heterocycles. The first-order valence-corrected chi connectivity index (χ1v) is 7.51. The second kappa shape index (κ2) is 4.31. The number of carbonyl (C=O) groups excluding carboxylic acids is 2. The molecule has 5 nitrogen and oxygen atoms in total. The molecule has 1 aliphatic carbocycles. The Bertz CT molecular complexity index is 622. The van der Waals surface area contributed by atoms with Crippen molar-refractivity contribution in [1.82, 2.24) is 4.90 Å². The molecule has 2 amide bonds. The molecular weight excluding hydrogens is 268 g/mol. The van der Waals surface area contributed by atoms with Gasteiger partial charge in [0.25, 0.3) is 0 Å². The summed E-state index contributed by atoms with van der Waals surface area (Å²) < 4.78 is 0. The second-order valence-corrected chi connectivity index (χ2v) is 6.28. The van der Waals surface area contributed by atoms with E-state index in [1.807, 2.05) is 24.3 Å². The highest BCUT2D eigenvalue weighted by Gasteiger charge is 2.68. The first-order chi connectivity index (χ1) is 10.1. The molecule has 5 heteroatoms. The van der Waals surface area contributed by atoms with Gasteiger partial charge in [-0.2, -0.15) is 0 Å². The van der Waals surface area contributed by atoms with Crippen LogP contribution in [0.5, 0.6) is 0 Å². The third kappa shape index (κ3) is 1.73. The monoisotopic (exact) mass is 286 g/mol. The molecule has 2 fully saturated rings. The van der Waals surface area contributed by atoms with Crippen LogP contribution in [0.15, 0.2) is 24.3 Å². The summed E-state index contributed by atoms with van der Waals surface area (Å²) in [5.41, 5.74) is 1.17. The number of fused-ring (bicyclic) bond motifs is 2. The van der Waals surface area contributed by atoms with Gasteiger partial charge in [-0.25, -0.2) is 0 Å². The number of hydrogen-bond donors (Lipinski definition) is 2. The molecule has 0 bridgehead atoms. The van der Waals surface area contributed by atoms with Crippen molar-refractivity contribution in [3.8, 4) is 0 Å². The van der Waals surface area contributed by atoms with Crippen LogP contribution in [0.3, 0.4) is 0 Å². The summed E-state index contributed by atoms with van der Waals surface area (Å²) in [5, 5.41) is 12.4. The van der Waals surface area contributed by atoms with Crippen LogP contribution in [0.2, 0.25) is 0 Å². The summed E-state index contributed by atoms with van der Waals surface area (Å²) in [6.45, 7) is 1.19. The Balaban J connectivity index is 1.57. The summed E-state index contributed by atoms with van der Waals surface area (Å²) in [6, 6.07) is 7.64. The van der Waals surface area contributed by atoms with Gasteiger partial charge >= 0.3 is 0 Å². The zero-order chi connectivity index (χ0) is 14.6. The number of hydrogen-bond acceptors (Lipinski definition) is 3. The van der Waals surface area contributed by atoms with Crippen molar-refractivity contribution >= 4 is 17.5 Å². The zero-order valence-electron chi connectivity index (χ0n) is 11.7. The van der Waals surface area contributed by atoms with E-state index >= 15 is 0 Å².